The van der Waals surface area contributed by atoms with E-state index >= 15 is 0 Å². The van der Waals surface area contributed by atoms with E-state index in [9.17, 15) is 14.4 Å². The van der Waals surface area contributed by atoms with Crippen LogP contribution in [-0.4, -0.2) is 48.4 Å². The molecule has 1 aromatic carbocycles. The van der Waals surface area contributed by atoms with Gasteiger partial charge in [-0.15, -0.1) is 0 Å². The lowest BCUT2D eigenvalue weighted by molar-refractivity contribution is -0.131. The van der Waals surface area contributed by atoms with E-state index in [-0.39, 0.29) is 36.2 Å². The standard InChI is InChI=1S/C21H23ClN6O4/c1-26-20(30)18(24-28(21(26)31)15-8-6-14(22)7-9-15)19-23-16(32-25-19)10-11-17(29)27-12-4-2-3-5-13-27/h6-9H,2-5,10-13H2,1H3. The molecule has 3 aromatic rings. The molecular weight excluding hydrogens is 436 g/mol. The zero-order valence-electron chi connectivity index (χ0n) is 17.7. The molecule has 3 heterocycles. The van der Waals surface area contributed by atoms with Crippen molar-refractivity contribution in [1.82, 2.24) is 29.4 Å². The van der Waals surface area contributed by atoms with Gasteiger partial charge in [-0.25, -0.2) is 4.79 Å². The molecule has 4 rings (SSSR count). The van der Waals surface area contributed by atoms with Gasteiger partial charge in [0.05, 0.1) is 5.69 Å². The zero-order valence-corrected chi connectivity index (χ0v) is 18.4. The third kappa shape index (κ3) is 4.64. The monoisotopic (exact) mass is 458 g/mol. The Hall–Kier alpha value is -3.27. The van der Waals surface area contributed by atoms with Gasteiger partial charge in [-0.05, 0) is 37.1 Å². The first-order valence-corrected chi connectivity index (χ1v) is 10.9. The highest BCUT2D eigenvalue weighted by molar-refractivity contribution is 6.30. The summed E-state index contributed by atoms with van der Waals surface area (Å²) >= 11 is 5.91. The number of carbonyl (C=O) groups excluding carboxylic acids is 1. The van der Waals surface area contributed by atoms with Gasteiger partial charge in [0.2, 0.25) is 17.6 Å². The van der Waals surface area contributed by atoms with Gasteiger partial charge in [-0.2, -0.15) is 14.8 Å². The van der Waals surface area contributed by atoms with Crippen molar-refractivity contribution in [2.24, 2.45) is 7.05 Å². The molecule has 0 bridgehead atoms. The zero-order chi connectivity index (χ0) is 22.7. The smallest absolute Gasteiger partial charge is 0.343 e. The summed E-state index contributed by atoms with van der Waals surface area (Å²) in [6.45, 7) is 1.56. The quantitative estimate of drug-likeness (QED) is 0.573. The van der Waals surface area contributed by atoms with Crippen LogP contribution in [0.15, 0.2) is 38.4 Å². The maximum atomic E-state index is 12.6. The van der Waals surface area contributed by atoms with E-state index in [0.717, 1.165) is 48.0 Å². The summed E-state index contributed by atoms with van der Waals surface area (Å²) in [5, 5.41) is 8.52. The van der Waals surface area contributed by atoms with E-state index in [1.807, 2.05) is 4.90 Å². The summed E-state index contributed by atoms with van der Waals surface area (Å²) in [5.41, 5.74) is -0.958. The minimum Gasteiger partial charge on any atom is -0.343 e. The van der Waals surface area contributed by atoms with Crippen molar-refractivity contribution in [1.29, 1.82) is 0 Å². The van der Waals surface area contributed by atoms with Crippen LogP contribution in [0.4, 0.5) is 0 Å². The summed E-state index contributed by atoms with van der Waals surface area (Å²) in [6.07, 6.45) is 4.86. The Morgan fingerprint density at radius 3 is 2.47 bits per heavy atom. The van der Waals surface area contributed by atoms with Gasteiger partial charge >= 0.3 is 5.69 Å². The maximum Gasteiger partial charge on any atom is 0.351 e. The van der Waals surface area contributed by atoms with Gasteiger partial charge in [0, 0.05) is 38.0 Å². The lowest BCUT2D eigenvalue weighted by Gasteiger charge is -2.19. The average Bonchev–Trinajstić information content (AvgIpc) is 3.09. The molecule has 10 nitrogen and oxygen atoms in total. The summed E-state index contributed by atoms with van der Waals surface area (Å²) in [6, 6.07) is 6.45. The number of aromatic nitrogens is 5. The number of aryl methyl sites for hydroxylation is 1. The number of hydrogen-bond acceptors (Lipinski definition) is 7. The highest BCUT2D eigenvalue weighted by Crippen LogP contribution is 2.15. The summed E-state index contributed by atoms with van der Waals surface area (Å²) < 4.78 is 7.24. The fourth-order valence-electron chi connectivity index (χ4n) is 3.61. The first kappa shape index (κ1) is 21.9. The maximum absolute atomic E-state index is 12.6. The second kappa shape index (κ2) is 9.47. The second-order valence-corrected chi connectivity index (χ2v) is 8.13. The van der Waals surface area contributed by atoms with E-state index in [1.54, 1.807) is 24.3 Å². The van der Waals surface area contributed by atoms with Crippen LogP contribution >= 0.6 is 11.6 Å². The van der Waals surface area contributed by atoms with E-state index in [1.165, 1.54) is 7.05 Å². The number of halogens is 1. The number of likely N-dealkylation sites (tertiary alicyclic amines) is 1. The molecule has 32 heavy (non-hydrogen) atoms. The molecule has 0 radical (unpaired) electrons. The first-order valence-electron chi connectivity index (χ1n) is 10.5. The largest absolute Gasteiger partial charge is 0.351 e. The van der Waals surface area contributed by atoms with Gasteiger partial charge in [0.25, 0.3) is 5.56 Å². The highest BCUT2D eigenvalue weighted by Gasteiger charge is 2.21. The van der Waals surface area contributed by atoms with Crippen LogP contribution in [-0.2, 0) is 18.3 Å². The number of amides is 1. The molecule has 1 aliphatic rings. The van der Waals surface area contributed by atoms with Crippen molar-refractivity contribution in [3.63, 3.8) is 0 Å². The molecule has 1 fully saturated rings. The van der Waals surface area contributed by atoms with Crippen molar-refractivity contribution in [2.75, 3.05) is 13.1 Å². The topological polar surface area (TPSA) is 116 Å². The molecule has 0 unspecified atom stereocenters. The van der Waals surface area contributed by atoms with Crippen molar-refractivity contribution >= 4 is 17.5 Å². The Morgan fingerprint density at radius 2 is 1.78 bits per heavy atom. The Morgan fingerprint density at radius 1 is 1.09 bits per heavy atom. The Balaban J connectivity index is 1.55. The Labute approximate surface area is 188 Å². The minimum absolute atomic E-state index is 0.0365. The molecule has 0 N–H and O–H groups in total. The van der Waals surface area contributed by atoms with Crippen molar-refractivity contribution in [3.8, 4) is 17.2 Å². The molecule has 0 aliphatic carbocycles. The van der Waals surface area contributed by atoms with E-state index in [4.69, 9.17) is 16.1 Å². The SMILES string of the molecule is Cn1c(=O)c(-c2noc(CCC(=O)N3CCCCCC3)n2)nn(-c2ccc(Cl)cc2)c1=O. The van der Waals surface area contributed by atoms with Crippen molar-refractivity contribution in [3.05, 3.63) is 56.0 Å². The molecule has 0 saturated carbocycles. The Bertz CT molecular complexity index is 1220. The van der Waals surface area contributed by atoms with E-state index in [2.05, 4.69) is 15.2 Å². The van der Waals surface area contributed by atoms with Crippen molar-refractivity contribution in [2.45, 2.75) is 38.5 Å². The normalized spacial score (nSPS) is 14.4. The van der Waals surface area contributed by atoms with Gasteiger partial charge in [-0.1, -0.05) is 29.6 Å². The van der Waals surface area contributed by atoms with Gasteiger partial charge in [0.1, 0.15) is 0 Å². The third-order valence-electron chi connectivity index (χ3n) is 5.44. The molecule has 1 aliphatic heterocycles. The molecule has 1 saturated heterocycles. The van der Waals surface area contributed by atoms with E-state index in [0.29, 0.717) is 10.7 Å². The summed E-state index contributed by atoms with van der Waals surface area (Å²) in [7, 11) is 1.35. The predicted octanol–water partition coefficient (Wildman–Crippen LogP) is 1.97. The first-order chi connectivity index (χ1) is 15.4. The van der Waals surface area contributed by atoms with Crippen LogP contribution in [0.5, 0.6) is 0 Å². The number of rotatable bonds is 5. The molecule has 1 amide bonds. The molecule has 0 atom stereocenters. The fraction of sp³-hybridized carbons (Fsp3) is 0.429. The molecular formula is C21H23ClN6O4. The van der Waals surface area contributed by atoms with Crippen molar-refractivity contribution < 1.29 is 9.32 Å². The molecule has 0 spiro atoms. The second-order valence-electron chi connectivity index (χ2n) is 7.69. The van der Waals surface area contributed by atoms with Crippen LogP contribution < -0.4 is 11.2 Å². The highest BCUT2D eigenvalue weighted by atomic mass is 35.5. The molecule has 2 aromatic heterocycles. The van der Waals surface area contributed by atoms with Crippen LogP contribution in [0.1, 0.15) is 38.0 Å². The summed E-state index contributed by atoms with van der Waals surface area (Å²) in [5.74, 6) is 0.249. The third-order valence-corrected chi connectivity index (χ3v) is 5.69. The molecule has 168 valence electrons. The number of benzene rings is 1. The Kier molecular flexibility index (Phi) is 6.50. The van der Waals surface area contributed by atoms with E-state index < -0.39 is 11.2 Å². The van der Waals surface area contributed by atoms with Crippen LogP contribution in [0.3, 0.4) is 0 Å². The van der Waals surface area contributed by atoms with Crippen LogP contribution in [0.25, 0.3) is 17.2 Å². The summed E-state index contributed by atoms with van der Waals surface area (Å²) in [4.78, 5) is 43.8. The van der Waals surface area contributed by atoms with Gasteiger partial charge < -0.3 is 9.42 Å². The fourth-order valence-corrected chi connectivity index (χ4v) is 3.73. The van der Waals surface area contributed by atoms with Gasteiger partial charge in [-0.3, -0.25) is 14.2 Å². The lowest BCUT2D eigenvalue weighted by atomic mass is 10.2. The average molecular weight is 459 g/mol. The number of nitrogens with zero attached hydrogens (tertiary/aromatic N) is 6. The number of carbonyl (C=O) groups is 1. The van der Waals surface area contributed by atoms with Crippen LogP contribution in [0.2, 0.25) is 5.02 Å². The van der Waals surface area contributed by atoms with Crippen LogP contribution in [0, 0.1) is 0 Å². The lowest BCUT2D eigenvalue weighted by Crippen LogP contribution is -2.40. The minimum atomic E-state index is -0.645. The van der Waals surface area contributed by atoms with Gasteiger partial charge in [0.15, 0.2) is 5.69 Å². The molecule has 11 heteroatoms. The predicted molar refractivity (Wildman–Crippen MR) is 117 cm³/mol. The number of hydrogen-bond donors (Lipinski definition) is 0.